The summed E-state index contributed by atoms with van der Waals surface area (Å²) >= 11 is 0. The van der Waals surface area contributed by atoms with Gasteiger partial charge < -0.3 is 5.11 Å². The van der Waals surface area contributed by atoms with Crippen molar-refractivity contribution in [1.29, 1.82) is 0 Å². The van der Waals surface area contributed by atoms with E-state index >= 15 is 0 Å². The Morgan fingerprint density at radius 2 is 1.64 bits per heavy atom. The van der Waals surface area contributed by atoms with Crippen molar-refractivity contribution in [3.63, 3.8) is 0 Å². The van der Waals surface area contributed by atoms with Gasteiger partial charge in [-0.1, -0.05) is 32.9 Å². The summed E-state index contributed by atoms with van der Waals surface area (Å²) in [6.45, 7) is 6.81. The summed E-state index contributed by atoms with van der Waals surface area (Å²) in [6, 6.07) is 5.16. The molecule has 1 aromatic rings. The van der Waals surface area contributed by atoms with Gasteiger partial charge in [0.25, 0.3) is 0 Å². The van der Waals surface area contributed by atoms with Gasteiger partial charge in [0.15, 0.2) is 5.60 Å². The van der Waals surface area contributed by atoms with Gasteiger partial charge in [-0.15, -0.1) is 0 Å². The minimum absolute atomic E-state index is 0.109. The average molecular weight is 379 g/mol. The minimum atomic E-state index is -4.76. The van der Waals surface area contributed by atoms with Crippen molar-refractivity contribution < 1.29 is 26.7 Å². The van der Waals surface area contributed by atoms with Gasteiger partial charge in [-0.25, -0.2) is 8.42 Å². The first kappa shape index (κ1) is 20.2. The summed E-state index contributed by atoms with van der Waals surface area (Å²) in [5.41, 5.74) is -1.69. The molecule has 1 aliphatic heterocycles. The third-order valence-electron chi connectivity index (χ3n) is 4.75. The van der Waals surface area contributed by atoms with E-state index in [1.807, 2.05) is 26.8 Å². The molecular formula is C17H24F3NO3S. The predicted molar refractivity (Wildman–Crippen MR) is 88.9 cm³/mol. The van der Waals surface area contributed by atoms with E-state index in [4.69, 9.17) is 0 Å². The summed E-state index contributed by atoms with van der Waals surface area (Å²) in [7, 11) is -3.92. The van der Waals surface area contributed by atoms with Crippen LogP contribution in [0.3, 0.4) is 0 Å². The highest BCUT2D eigenvalue weighted by atomic mass is 32.2. The lowest BCUT2D eigenvalue weighted by molar-refractivity contribution is -0.270. The van der Waals surface area contributed by atoms with Crippen LogP contribution in [0, 0.1) is 6.92 Å². The SMILES string of the molecule is Cc1ccc(C(C)(C)C)cc1S(=O)(=O)N1CCC(O)(C(F)(F)F)CC1. The number of hydrogen-bond acceptors (Lipinski definition) is 3. The molecule has 25 heavy (non-hydrogen) atoms. The fraction of sp³-hybridized carbons (Fsp3) is 0.647. The molecule has 0 unspecified atom stereocenters. The Morgan fingerprint density at radius 3 is 2.08 bits per heavy atom. The first-order valence-electron chi connectivity index (χ1n) is 8.09. The van der Waals surface area contributed by atoms with Crippen molar-refractivity contribution >= 4 is 10.0 Å². The molecule has 1 saturated heterocycles. The summed E-state index contributed by atoms with van der Waals surface area (Å²) in [4.78, 5) is 0.109. The average Bonchev–Trinajstić information content (AvgIpc) is 2.45. The van der Waals surface area contributed by atoms with Gasteiger partial charge in [-0.2, -0.15) is 17.5 Å². The van der Waals surface area contributed by atoms with Crippen LogP contribution >= 0.6 is 0 Å². The first-order valence-corrected chi connectivity index (χ1v) is 9.53. The van der Waals surface area contributed by atoms with E-state index in [0.29, 0.717) is 5.56 Å². The molecule has 4 nitrogen and oxygen atoms in total. The lowest BCUT2D eigenvalue weighted by atomic mass is 9.87. The van der Waals surface area contributed by atoms with Crippen LogP contribution in [-0.2, 0) is 15.4 Å². The van der Waals surface area contributed by atoms with E-state index in [1.54, 1.807) is 19.1 Å². The zero-order chi connectivity index (χ0) is 19.3. The monoisotopic (exact) mass is 379 g/mol. The van der Waals surface area contributed by atoms with Crippen LogP contribution < -0.4 is 0 Å². The largest absolute Gasteiger partial charge is 0.417 e. The molecule has 1 fully saturated rings. The van der Waals surface area contributed by atoms with Crippen LogP contribution in [0.1, 0.15) is 44.7 Å². The Morgan fingerprint density at radius 1 is 1.12 bits per heavy atom. The number of sulfonamides is 1. The van der Waals surface area contributed by atoms with Crippen LogP contribution in [0.25, 0.3) is 0 Å². The summed E-state index contributed by atoms with van der Waals surface area (Å²) in [5, 5.41) is 9.72. The number of piperidine rings is 1. The number of alkyl halides is 3. The first-order chi connectivity index (χ1) is 11.2. The second-order valence-electron chi connectivity index (χ2n) is 7.66. The normalized spacial score (nSPS) is 19.8. The van der Waals surface area contributed by atoms with Crippen LogP contribution in [0.2, 0.25) is 0 Å². The fourth-order valence-corrected chi connectivity index (χ4v) is 4.56. The number of halogens is 3. The standard InChI is InChI=1S/C17H24F3NO3S/c1-12-5-6-13(15(2,3)4)11-14(12)25(23,24)21-9-7-16(22,8-10-21)17(18,19)20/h5-6,11,22H,7-10H2,1-4H3. The number of hydrogen-bond donors (Lipinski definition) is 1. The number of nitrogens with zero attached hydrogens (tertiary/aromatic N) is 1. The highest BCUT2D eigenvalue weighted by molar-refractivity contribution is 7.89. The lowest BCUT2D eigenvalue weighted by Crippen LogP contribution is -2.54. The predicted octanol–water partition coefficient (Wildman–Crippen LogP) is 3.37. The summed E-state index contributed by atoms with van der Waals surface area (Å²) in [6.07, 6.45) is -6.08. The maximum absolute atomic E-state index is 12.9. The minimum Gasteiger partial charge on any atom is -0.380 e. The quantitative estimate of drug-likeness (QED) is 0.857. The molecule has 0 saturated carbocycles. The second-order valence-corrected chi connectivity index (χ2v) is 9.57. The van der Waals surface area contributed by atoms with E-state index in [-0.39, 0.29) is 23.4 Å². The second kappa shape index (κ2) is 6.25. The number of aliphatic hydroxyl groups is 1. The highest BCUT2D eigenvalue weighted by Gasteiger charge is 2.55. The Labute approximate surface area is 146 Å². The molecule has 0 amide bonds. The Balaban J connectivity index is 2.32. The van der Waals surface area contributed by atoms with Crippen molar-refractivity contribution in [2.75, 3.05) is 13.1 Å². The number of benzene rings is 1. The molecular weight excluding hydrogens is 355 g/mol. The van der Waals surface area contributed by atoms with Gasteiger partial charge in [0.1, 0.15) is 0 Å². The molecule has 0 bridgehead atoms. The van der Waals surface area contributed by atoms with Crippen molar-refractivity contribution in [2.45, 2.75) is 62.6 Å². The molecule has 0 aromatic heterocycles. The number of aryl methyl sites for hydroxylation is 1. The maximum Gasteiger partial charge on any atom is 0.417 e. The maximum atomic E-state index is 12.9. The van der Waals surface area contributed by atoms with E-state index in [9.17, 15) is 26.7 Å². The van der Waals surface area contributed by atoms with Crippen molar-refractivity contribution in [3.05, 3.63) is 29.3 Å². The van der Waals surface area contributed by atoms with Crippen LogP contribution in [0.4, 0.5) is 13.2 Å². The Bertz CT molecular complexity index is 743. The molecule has 0 spiro atoms. The van der Waals surface area contributed by atoms with E-state index in [0.717, 1.165) is 9.87 Å². The fourth-order valence-electron chi connectivity index (χ4n) is 2.86. The summed E-state index contributed by atoms with van der Waals surface area (Å²) < 4.78 is 65.6. The van der Waals surface area contributed by atoms with Gasteiger partial charge in [0, 0.05) is 13.1 Å². The molecule has 1 aliphatic rings. The summed E-state index contributed by atoms with van der Waals surface area (Å²) in [5.74, 6) is 0. The Hall–Kier alpha value is -1.12. The lowest BCUT2D eigenvalue weighted by Gasteiger charge is -2.38. The highest BCUT2D eigenvalue weighted by Crippen LogP contribution is 2.39. The van der Waals surface area contributed by atoms with E-state index in [2.05, 4.69) is 0 Å². The van der Waals surface area contributed by atoms with Gasteiger partial charge >= 0.3 is 6.18 Å². The number of rotatable bonds is 2. The van der Waals surface area contributed by atoms with Gasteiger partial charge in [0.05, 0.1) is 4.90 Å². The van der Waals surface area contributed by atoms with E-state index in [1.165, 1.54) is 0 Å². The molecule has 1 N–H and O–H groups in total. The zero-order valence-electron chi connectivity index (χ0n) is 14.8. The van der Waals surface area contributed by atoms with E-state index < -0.39 is 34.6 Å². The molecule has 1 heterocycles. The van der Waals surface area contributed by atoms with Gasteiger partial charge in [0.2, 0.25) is 10.0 Å². The molecule has 0 atom stereocenters. The molecule has 0 aliphatic carbocycles. The van der Waals surface area contributed by atoms with Crippen LogP contribution in [-0.4, -0.2) is 42.7 Å². The van der Waals surface area contributed by atoms with Gasteiger partial charge in [-0.3, -0.25) is 0 Å². The van der Waals surface area contributed by atoms with Crippen molar-refractivity contribution in [1.82, 2.24) is 4.31 Å². The molecule has 0 radical (unpaired) electrons. The molecule has 2 rings (SSSR count). The van der Waals surface area contributed by atoms with Crippen LogP contribution in [0.15, 0.2) is 23.1 Å². The van der Waals surface area contributed by atoms with Crippen molar-refractivity contribution in [3.8, 4) is 0 Å². The van der Waals surface area contributed by atoms with Crippen LogP contribution in [0.5, 0.6) is 0 Å². The molecule has 8 heteroatoms. The van der Waals surface area contributed by atoms with Crippen molar-refractivity contribution in [2.24, 2.45) is 0 Å². The third-order valence-corrected chi connectivity index (χ3v) is 6.79. The third kappa shape index (κ3) is 3.85. The zero-order valence-corrected chi connectivity index (χ0v) is 15.6. The molecule has 142 valence electrons. The smallest absolute Gasteiger partial charge is 0.380 e. The molecule has 1 aromatic carbocycles. The van der Waals surface area contributed by atoms with Gasteiger partial charge in [-0.05, 0) is 42.4 Å². The topological polar surface area (TPSA) is 57.6 Å². The Kier molecular flexibility index (Phi) is 5.04.